The summed E-state index contributed by atoms with van der Waals surface area (Å²) in [5, 5.41) is 15.1. The third-order valence-electron chi connectivity index (χ3n) is 3.13. The minimum absolute atomic E-state index is 0. The monoisotopic (exact) mass is 330 g/mol. The van der Waals surface area contributed by atoms with Crippen molar-refractivity contribution < 1.29 is 24.2 Å². The number of methoxy groups -OCH3 is 1. The van der Waals surface area contributed by atoms with Crippen molar-refractivity contribution in [2.75, 3.05) is 25.6 Å². The highest BCUT2D eigenvalue weighted by atomic mass is 35.5. The second kappa shape index (κ2) is 8.57. The summed E-state index contributed by atoms with van der Waals surface area (Å²) in [5.41, 5.74) is 0.619. The quantitative estimate of drug-likeness (QED) is 0.673. The van der Waals surface area contributed by atoms with Crippen molar-refractivity contribution in [2.45, 2.75) is 18.6 Å². The Morgan fingerprint density at radius 1 is 1.36 bits per heavy atom. The summed E-state index contributed by atoms with van der Waals surface area (Å²) in [6.07, 6.45) is -0.0681. The molecule has 0 saturated carbocycles. The predicted molar refractivity (Wildman–Crippen MR) is 82.2 cm³/mol. The van der Waals surface area contributed by atoms with E-state index >= 15 is 0 Å². The molecule has 2 unspecified atom stereocenters. The number of carbonyl (C=O) groups excluding carboxylic acids is 2. The average Bonchev–Trinajstić information content (AvgIpc) is 2.93. The molecule has 0 aromatic heterocycles. The number of hydrogen-bond donors (Lipinski definition) is 3. The van der Waals surface area contributed by atoms with Crippen LogP contribution in [0.4, 0.5) is 5.69 Å². The van der Waals surface area contributed by atoms with E-state index in [1.54, 1.807) is 24.3 Å². The maximum absolute atomic E-state index is 11.9. The summed E-state index contributed by atoms with van der Waals surface area (Å²) in [5.74, 6) is -0.138. The first-order valence-electron chi connectivity index (χ1n) is 6.60. The topological polar surface area (TPSA) is 96.9 Å². The Morgan fingerprint density at radius 2 is 2.05 bits per heavy atom. The lowest BCUT2D eigenvalue weighted by Gasteiger charge is -2.11. The van der Waals surface area contributed by atoms with Crippen molar-refractivity contribution in [3.63, 3.8) is 0 Å². The molecule has 1 aliphatic heterocycles. The molecule has 1 aliphatic rings. The molecule has 22 heavy (non-hydrogen) atoms. The molecule has 3 N–H and O–H groups in total. The number of aliphatic hydroxyl groups excluding tert-OH is 1. The lowest BCUT2D eigenvalue weighted by atomic mass is 10.2. The van der Waals surface area contributed by atoms with Gasteiger partial charge < -0.3 is 25.2 Å². The average molecular weight is 331 g/mol. The first-order chi connectivity index (χ1) is 10.1. The number of rotatable bonds is 5. The number of halogens is 1. The maximum atomic E-state index is 11.9. The smallest absolute Gasteiger partial charge is 0.343 e. The van der Waals surface area contributed by atoms with Gasteiger partial charge in [0.25, 0.3) is 0 Å². The van der Waals surface area contributed by atoms with Crippen LogP contribution in [-0.2, 0) is 14.3 Å². The van der Waals surface area contributed by atoms with E-state index < -0.39 is 12.1 Å². The van der Waals surface area contributed by atoms with Crippen LogP contribution in [0.3, 0.4) is 0 Å². The fourth-order valence-electron chi connectivity index (χ4n) is 1.98. The number of hydrogen-bond acceptors (Lipinski definition) is 6. The minimum atomic E-state index is -0.477. The molecular formula is C14H19ClN2O5. The lowest BCUT2D eigenvalue weighted by Crippen LogP contribution is -2.35. The van der Waals surface area contributed by atoms with E-state index in [4.69, 9.17) is 4.74 Å². The SMILES string of the molecule is COC(=O)COc1ccc(NC(=O)C2CC(O)CN2)cc1.Cl. The van der Waals surface area contributed by atoms with Gasteiger partial charge in [0.05, 0.1) is 19.3 Å². The number of amides is 1. The van der Waals surface area contributed by atoms with Gasteiger partial charge in [0.2, 0.25) is 5.91 Å². The largest absolute Gasteiger partial charge is 0.482 e. The summed E-state index contributed by atoms with van der Waals surface area (Å²) >= 11 is 0. The Balaban J connectivity index is 0.00000242. The normalized spacial score (nSPS) is 19.9. The number of anilines is 1. The fourth-order valence-corrected chi connectivity index (χ4v) is 1.98. The van der Waals surface area contributed by atoms with Gasteiger partial charge in [-0.05, 0) is 30.7 Å². The molecule has 1 saturated heterocycles. The van der Waals surface area contributed by atoms with Crippen molar-refractivity contribution in [1.29, 1.82) is 0 Å². The predicted octanol–water partition coefficient (Wildman–Crippen LogP) is 0.321. The highest BCUT2D eigenvalue weighted by Gasteiger charge is 2.27. The Kier molecular flexibility index (Phi) is 7.10. The molecular weight excluding hydrogens is 312 g/mol. The van der Waals surface area contributed by atoms with Crippen LogP contribution in [0, 0.1) is 0 Å². The Labute approximate surface area is 134 Å². The number of aliphatic hydroxyl groups is 1. The molecule has 0 radical (unpaired) electrons. The summed E-state index contributed by atoms with van der Waals surface area (Å²) in [7, 11) is 1.29. The highest BCUT2D eigenvalue weighted by molar-refractivity contribution is 5.95. The summed E-state index contributed by atoms with van der Waals surface area (Å²) in [4.78, 5) is 22.9. The molecule has 7 nitrogen and oxygen atoms in total. The van der Waals surface area contributed by atoms with E-state index in [1.165, 1.54) is 7.11 Å². The Bertz CT molecular complexity index is 508. The van der Waals surface area contributed by atoms with E-state index in [1.807, 2.05) is 0 Å². The third-order valence-corrected chi connectivity index (χ3v) is 3.13. The number of ether oxygens (including phenoxy) is 2. The van der Waals surface area contributed by atoms with Crippen molar-refractivity contribution in [3.05, 3.63) is 24.3 Å². The standard InChI is InChI=1S/C14H18N2O5.ClH/c1-20-13(18)8-21-11-4-2-9(3-5-11)16-14(19)12-6-10(17)7-15-12;/h2-5,10,12,15,17H,6-8H2,1H3,(H,16,19);1H. The lowest BCUT2D eigenvalue weighted by molar-refractivity contribution is -0.142. The minimum Gasteiger partial charge on any atom is -0.482 e. The maximum Gasteiger partial charge on any atom is 0.343 e. The molecule has 1 heterocycles. The fraction of sp³-hybridized carbons (Fsp3) is 0.429. The highest BCUT2D eigenvalue weighted by Crippen LogP contribution is 2.17. The Morgan fingerprint density at radius 3 is 2.59 bits per heavy atom. The molecule has 0 spiro atoms. The molecule has 0 bridgehead atoms. The van der Waals surface area contributed by atoms with Crippen molar-refractivity contribution in [2.24, 2.45) is 0 Å². The van der Waals surface area contributed by atoms with E-state index in [0.717, 1.165) is 0 Å². The van der Waals surface area contributed by atoms with Crippen LogP contribution in [0.15, 0.2) is 24.3 Å². The van der Waals surface area contributed by atoms with Crippen LogP contribution < -0.4 is 15.4 Å². The van der Waals surface area contributed by atoms with Gasteiger partial charge in [-0.3, -0.25) is 4.79 Å². The van der Waals surface area contributed by atoms with E-state index in [0.29, 0.717) is 24.4 Å². The molecule has 2 rings (SSSR count). The van der Waals surface area contributed by atoms with E-state index in [-0.39, 0.29) is 31.0 Å². The van der Waals surface area contributed by atoms with Crippen LogP contribution in [-0.4, -0.2) is 49.4 Å². The zero-order chi connectivity index (χ0) is 15.2. The summed E-state index contributed by atoms with van der Waals surface area (Å²) in [6.45, 7) is 0.268. The van der Waals surface area contributed by atoms with E-state index in [2.05, 4.69) is 15.4 Å². The first kappa shape index (κ1) is 18.2. The zero-order valence-electron chi connectivity index (χ0n) is 12.1. The molecule has 1 fully saturated rings. The van der Waals surface area contributed by atoms with Gasteiger partial charge in [0, 0.05) is 12.2 Å². The zero-order valence-corrected chi connectivity index (χ0v) is 12.9. The number of carbonyl (C=O) groups is 2. The second-order valence-electron chi connectivity index (χ2n) is 4.73. The molecule has 122 valence electrons. The first-order valence-corrected chi connectivity index (χ1v) is 6.60. The molecule has 2 atom stereocenters. The molecule has 1 aromatic rings. The molecule has 1 amide bonds. The van der Waals surface area contributed by atoms with Gasteiger partial charge in [-0.2, -0.15) is 0 Å². The molecule has 1 aromatic carbocycles. The van der Waals surface area contributed by atoms with Crippen LogP contribution in [0.1, 0.15) is 6.42 Å². The number of benzene rings is 1. The number of esters is 1. The Hall–Kier alpha value is -1.83. The van der Waals surface area contributed by atoms with Crippen LogP contribution in [0.5, 0.6) is 5.75 Å². The van der Waals surface area contributed by atoms with Crippen molar-refractivity contribution >= 4 is 30.0 Å². The molecule has 0 aliphatic carbocycles. The van der Waals surface area contributed by atoms with Gasteiger partial charge >= 0.3 is 5.97 Å². The van der Waals surface area contributed by atoms with Crippen molar-refractivity contribution in [1.82, 2.24) is 5.32 Å². The number of β-amino-alcohol motifs (C(OH)–C–C–N with tert-alkyl or cyclic N) is 1. The number of nitrogens with one attached hydrogen (secondary N) is 2. The van der Waals surface area contributed by atoms with Crippen molar-refractivity contribution in [3.8, 4) is 5.75 Å². The van der Waals surface area contributed by atoms with Gasteiger partial charge in [-0.1, -0.05) is 0 Å². The summed E-state index contributed by atoms with van der Waals surface area (Å²) < 4.78 is 9.67. The van der Waals surface area contributed by atoms with Gasteiger partial charge in [0.1, 0.15) is 5.75 Å². The van der Waals surface area contributed by atoms with Gasteiger partial charge in [-0.15, -0.1) is 12.4 Å². The van der Waals surface area contributed by atoms with Crippen LogP contribution in [0.2, 0.25) is 0 Å². The van der Waals surface area contributed by atoms with Crippen LogP contribution in [0.25, 0.3) is 0 Å². The second-order valence-corrected chi connectivity index (χ2v) is 4.73. The van der Waals surface area contributed by atoms with E-state index in [9.17, 15) is 14.7 Å². The third kappa shape index (κ3) is 5.18. The van der Waals surface area contributed by atoms with Crippen LogP contribution >= 0.6 is 12.4 Å². The summed E-state index contributed by atoms with van der Waals surface area (Å²) in [6, 6.07) is 6.27. The van der Waals surface area contributed by atoms with Gasteiger partial charge in [-0.25, -0.2) is 4.79 Å². The van der Waals surface area contributed by atoms with Gasteiger partial charge in [0.15, 0.2) is 6.61 Å². The molecule has 8 heteroatoms.